The van der Waals surface area contributed by atoms with Gasteiger partial charge >= 0.3 is 0 Å². The van der Waals surface area contributed by atoms with E-state index < -0.39 is 0 Å². The van der Waals surface area contributed by atoms with Crippen molar-refractivity contribution in [2.45, 2.75) is 0 Å². The summed E-state index contributed by atoms with van der Waals surface area (Å²) in [7, 11) is 0. The van der Waals surface area contributed by atoms with Crippen LogP contribution in [0.1, 0.15) is 0 Å². The third-order valence-electron chi connectivity index (χ3n) is 1.61. The summed E-state index contributed by atoms with van der Waals surface area (Å²) in [5.41, 5.74) is 6.50. The number of hydrogen-bond donors (Lipinski definition) is 1. The second-order valence-corrected chi connectivity index (χ2v) is 3.36. The van der Waals surface area contributed by atoms with Crippen LogP contribution in [0.15, 0.2) is 35.5 Å². The number of imidazole rings is 1. The lowest BCUT2D eigenvalue weighted by Crippen LogP contribution is -1.94. The smallest absolute Gasteiger partial charge is 0.125 e. The molecule has 5 heteroatoms. The number of aromatic nitrogens is 3. The summed E-state index contributed by atoms with van der Waals surface area (Å²) >= 11 is 3.27. The molecular weight excluding hydrogens is 232 g/mol. The van der Waals surface area contributed by atoms with Gasteiger partial charge in [-0.1, -0.05) is 0 Å². The molecule has 0 aliphatic rings. The average molecular weight is 239 g/mol. The Labute approximate surface area is 83.6 Å². The summed E-state index contributed by atoms with van der Waals surface area (Å²) in [6.45, 7) is 0. The van der Waals surface area contributed by atoms with Crippen LogP contribution in [0.3, 0.4) is 0 Å². The van der Waals surface area contributed by atoms with Gasteiger partial charge in [0, 0.05) is 18.5 Å². The Morgan fingerprint density at radius 2 is 2.23 bits per heavy atom. The lowest BCUT2D eigenvalue weighted by atomic mass is 10.4. The van der Waals surface area contributed by atoms with Crippen molar-refractivity contribution in [3.63, 3.8) is 0 Å². The van der Waals surface area contributed by atoms with E-state index in [9.17, 15) is 0 Å². The highest BCUT2D eigenvalue weighted by molar-refractivity contribution is 9.10. The van der Waals surface area contributed by atoms with Crippen LogP contribution in [-0.2, 0) is 0 Å². The molecule has 0 atom stereocenters. The second kappa shape index (κ2) is 3.18. The third kappa shape index (κ3) is 1.70. The van der Waals surface area contributed by atoms with Gasteiger partial charge in [0.2, 0.25) is 0 Å². The average Bonchev–Trinajstić information content (AvgIpc) is 2.52. The highest BCUT2D eigenvalue weighted by Gasteiger charge is 1.98. The standard InChI is InChI=1S/C8H7BrN4/c9-7-4-13(5-12-7)6-1-2-11-8(10)3-6/h1-5H,(H2,10,11). The monoisotopic (exact) mass is 238 g/mol. The number of hydrogen-bond acceptors (Lipinski definition) is 3. The minimum Gasteiger partial charge on any atom is -0.384 e. The van der Waals surface area contributed by atoms with Crippen molar-refractivity contribution in [1.82, 2.24) is 14.5 Å². The lowest BCUT2D eigenvalue weighted by Gasteiger charge is -2.00. The van der Waals surface area contributed by atoms with Crippen LogP contribution >= 0.6 is 15.9 Å². The maximum absolute atomic E-state index is 5.55. The van der Waals surface area contributed by atoms with Crippen LogP contribution < -0.4 is 5.73 Å². The molecule has 0 aliphatic heterocycles. The first kappa shape index (κ1) is 8.25. The van der Waals surface area contributed by atoms with E-state index in [1.54, 1.807) is 18.6 Å². The molecule has 0 saturated heterocycles. The van der Waals surface area contributed by atoms with Crippen LogP contribution in [0.5, 0.6) is 0 Å². The van der Waals surface area contributed by atoms with Gasteiger partial charge in [-0.25, -0.2) is 9.97 Å². The van der Waals surface area contributed by atoms with E-state index >= 15 is 0 Å². The maximum Gasteiger partial charge on any atom is 0.125 e. The third-order valence-corrected chi connectivity index (χ3v) is 2.02. The molecule has 0 bridgehead atoms. The number of rotatable bonds is 1. The highest BCUT2D eigenvalue weighted by Crippen LogP contribution is 2.12. The summed E-state index contributed by atoms with van der Waals surface area (Å²) in [4.78, 5) is 7.95. The first-order valence-electron chi connectivity index (χ1n) is 3.67. The minimum absolute atomic E-state index is 0.502. The number of nitrogens with zero attached hydrogens (tertiary/aromatic N) is 3. The van der Waals surface area contributed by atoms with E-state index in [4.69, 9.17) is 5.73 Å². The Morgan fingerprint density at radius 1 is 1.38 bits per heavy atom. The summed E-state index contributed by atoms with van der Waals surface area (Å²) in [5.74, 6) is 0.502. The van der Waals surface area contributed by atoms with E-state index in [2.05, 4.69) is 25.9 Å². The molecule has 0 radical (unpaired) electrons. The van der Waals surface area contributed by atoms with Crippen molar-refractivity contribution < 1.29 is 0 Å². The molecule has 4 nitrogen and oxygen atoms in total. The Hall–Kier alpha value is -1.36. The van der Waals surface area contributed by atoms with Crippen molar-refractivity contribution in [3.05, 3.63) is 35.5 Å². The zero-order valence-electron chi connectivity index (χ0n) is 6.68. The van der Waals surface area contributed by atoms with Gasteiger partial charge in [0.1, 0.15) is 16.7 Å². The Kier molecular flexibility index (Phi) is 2.02. The van der Waals surface area contributed by atoms with Crippen LogP contribution in [0.25, 0.3) is 5.69 Å². The number of pyridine rings is 1. The number of halogens is 1. The van der Waals surface area contributed by atoms with Crippen LogP contribution in [0, 0.1) is 0 Å². The van der Waals surface area contributed by atoms with Gasteiger partial charge in [0.05, 0.1) is 5.69 Å². The van der Waals surface area contributed by atoms with Crippen molar-refractivity contribution in [3.8, 4) is 5.69 Å². The summed E-state index contributed by atoms with van der Waals surface area (Å²) in [5, 5.41) is 0. The molecule has 0 spiro atoms. The summed E-state index contributed by atoms with van der Waals surface area (Å²) < 4.78 is 2.66. The van der Waals surface area contributed by atoms with Gasteiger partial charge in [-0.2, -0.15) is 0 Å². The Bertz CT molecular complexity index is 424. The number of anilines is 1. The molecule has 0 saturated carbocycles. The lowest BCUT2D eigenvalue weighted by molar-refractivity contribution is 1.05. The first-order chi connectivity index (χ1) is 6.25. The molecule has 0 aromatic carbocycles. The quantitative estimate of drug-likeness (QED) is 0.822. The van der Waals surface area contributed by atoms with Crippen molar-refractivity contribution in [2.24, 2.45) is 0 Å². The zero-order chi connectivity index (χ0) is 9.26. The molecule has 2 heterocycles. The zero-order valence-corrected chi connectivity index (χ0v) is 8.27. The molecule has 13 heavy (non-hydrogen) atoms. The fraction of sp³-hybridized carbons (Fsp3) is 0. The molecule has 0 amide bonds. The van der Waals surface area contributed by atoms with Crippen LogP contribution in [0.2, 0.25) is 0 Å². The maximum atomic E-state index is 5.55. The fourth-order valence-corrected chi connectivity index (χ4v) is 1.35. The molecule has 2 aromatic rings. The van der Waals surface area contributed by atoms with E-state index in [0.717, 1.165) is 10.3 Å². The molecule has 0 unspecified atom stereocenters. The van der Waals surface area contributed by atoms with Crippen LogP contribution in [-0.4, -0.2) is 14.5 Å². The summed E-state index contributed by atoms with van der Waals surface area (Å²) in [6.07, 6.45) is 5.23. The van der Waals surface area contributed by atoms with Gasteiger partial charge < -0.3 is 10.3 Å². The molecule has 0 fully saturated rings. The first-order valence-corrected chi connectivity index (χ1v) is 4.46. The highest BCUT2D eigenvalue weighted by atomic mass is 79.9. The van der Waals surface area contributed by atoms with E-state index in [0.29, 0.717) is 5.82 Å². The topological polar surface area (TPSA) is 56.7 Å². The molecule has 0 aliphatic carbocycles. The van der Waals surface area contributed by atoms with Crippen molar-refractivity contribution >= 4 is 21.7 Å². The van der Waals surface area contributed by atoms with E-state index in [1.165, 1.54) is 0 Å². The van der Waals surface area contributed by atoms with Crippen LogP contribution in [0.4, 0.5) is 5.82 Å². The largest absolute Gasteiger partial charge is 0.384 e. The van der Waals surface area contributed by atoms with Crippen molar-refractivity contribution in [2.75, 3.05) is 5.73 Å². The molecule has 66 valence electrons. The van der Waals surface area contributed by atoms with Gasteiger partial charge in [-0.15, -0.1) is 0 Å². The van der Waals surface area contributed by atoms with Gasteiger partial charge in [-0.05, 0) is 22.0 Å². The van der Waals surface area contributed by atoms with E-state index in [-0.39, 0.29) is 0 Å². The molecule has 2 aromatic heterocycles. The summed E-state index contributed by atoms with van der Waals surface area (Å²) in [6, 6.07) is 3.65. The predicted octanol–water partition coefficient (Wildman–Crippen LogP) is 1.61. The molecule has 2 N–H and O–H groups in total. The Balaban J connectivity index is 2.46. The number of nitrogens with two attached hydrogens (primary N) is 1. The second-order valence-electron chi connectivity index (χ2n) is 2.54. The van der Waals surface area contributed by atoms with Gasteiger partial charge in [0.25, 0.3) is 0 Å². The van der Waals surface area contributed by atoms with E-state index in [1.807, 2.05) is 16.8 Å². The Morgan fingerprint density at radius 3 is 2.85 bits per heavy atom. The number of nitrogen functional groups attached to an aromatic ring is 1. The SMILES string of the molecule is Nc1cc(-n2cnc(Br)c2)ccn1. The predicted molar refractivity (Wildman–Crippen MR) is 53.5 cm³/mol. The normalized spacial score (nSPS) is 10.2. The minimum atomic E-state index is 0.502. The fourth-order valence-electron chi connectivity index (χ4n) is 1.04. The van der Waals surface area contributed by atoms with Gasteiger partial charge in [-0.3, -0.25) is 0 Å². The van der Waals surface area contributed by atoms with Gasteiger partial charge in [0.15, 0.2) is 0 Å². The van der Waals surface area contributed by atoms with Crippen molar-refractivity contribution in [1.29, 1.82) is 0 Å². The molecular formula is C8H7BrN4. The molecule has 2 rings (SSSR count).